The molecule has 0 radical (unpaired) electrons. The molecule has 14 amide bonds. The second-order valence-corrected chi connectivity index (χ2v) is 36.7. The van der Waals surface area contributed by atoms with Crippen molar-refractivity contribution >= 4 is 105 Å². The molecule has 3 aromatic rings. The van der Waals surface area contributed by atoms with E-state index in [1.165, 1.54) is 60.6 Å². The Hall–Kier alpha value is -10.0. The van der Waals surface area contributed by atoms with Gasteiger partial charge in [-0.2, -0.15) is 13.1 Å². The molecule has 1 saturated carbocycles. The number of rotatable bonds is 55. The molecule has 18 atom stereocenters. The number of nitrogens with one attached hydrogen (secondary N) is 8. The Bertz CT molecular complexity index is 4480. The molecule has 3 saturated heterocycles. The second kappa shape index (κ2) is 53.3. The van der Waals surface area contributed by atoms with Crippen LogP contribution in [0.3, 0.4) is 0 Å². The zero-order valence-corrected chi connectivity index (χ0v) is 78.9. The molecule has 8 rings (SSSR count). The fraction of sp³-hybridized carbons (Fsp3) is 0.659. The Morgan fingerprint density at radius 1 is 0.744 bits per heavy atom. The van der Waals surface area contributed by atoms with Gasteiger partial charge in [-0.3, -0.25) is 57.7 Å². The van der Waals surface area contributed by atoms with Gasteiger partial charge in [0.2, 0.25) is 47.3 Å². The van der Waals surface area contributed by atoms with Gasteiger partial charge in [-0.1, -0.05) is 91.3 Å². The average Bonchev–Trinajstić information content (AvgIpc) is 1.61. The number of primary amides is 1. The number of aliphatic hydroxyl groups excluding tert-OH is 4. The number of likely N-dealkylation sites (N-methyl/N-ethyl adjacent to an activating group) is 1. The van der Waals surface area contributed by atoms with Crippen molar-refractivity contribution in [1.82, 2.24) is 65.5 Å². The van der Waals surface area contributed by atoms with Gasteiger partial charge >= 0.3 is 28.4 Å². The molecule has 1 aliphatic carbocycles. The van der Waals surface area contributed by atoms with Gasteiger partial charge in [0.15, 0.2) is 6.29 Å². The quantitative estimate of drug-likeness (QED) is 0.0276. The molecule has 4 aliphatic heterocycles. The number of piperidine rings is 1. The monoisotopic (exact) mass is 1910 g/mol. The minimum absolute atomic E-state index is 0.00518. The van der Waals surface area contributed by atoms with Crippen molar-refractivity contribution in [2.75, 3.05) is 119 Å². The molecule has 133 heavy (non-hydrogen) atoms. The van der Waals surface area contributed by atoms with Crippen LogP contribution in [0.5, 0.6) is 0 Å². The Labute approximate surface area is 778 Å². The molecular weight excluding hydrogens is 1780 g/mol. The molecule has 5 aliphatic rings. The summed E-state index contributed by atoms with van der Waals surface area (Å²) in [5.41, 5.74) is 7.14. The maximum Gasteiger partial charge on any atom is 0.421 e. The van der Waals surface area contributed by atoms with Crippen LogP contribution in [0.25, 0.3) is 0 Å². The van der Waals surface area contributed by atoms with Gasteiger partial charge in [-0.25, -0.2) is 24.1 Å². The number of benzene rings is 2. The zero-order chi connectivity index (χ0) is 97.3. The molecule has 14 N–H and O–H groups in total. The van der Waals surface area contributed by atoms with Crippen LogP contribution in [0.15, 0.2) is 72.3 Å². The lowest BCUT2D eigenvalue weighted by atomic mass is 9.89. The highest BCUT2D eigenvalue weighted by molar-refractivity contribution is 7.88. The van der Waals surface area contributed by atoms with Gasteiger partial charge in [-0.05, 0) is 104 Å². The van der Waals surface area contributed by atoms with Crippen LogP contribution in [-0.4, -0.2) is 335 Å². The summed E-state index contributed by atoms with van der Waals surface area (Å²) in [5.74, 6) is -7.43. The van der Waals surface area contributed by atoms with E-state index in [9.17, 15) is 81.6 Å². The fourth-order valence-electron chi connectivity index (χ4n) is 16.9. The summed E-state index contributed by atoms with van der Waals surface area (Å²) >= 11 is 1.45. The molecule has 43 nitrogen and oxygen atoms in total. The Morgan fingerprint density at radius 3 is 2.11 bits per heavy atom. The van der Waals surface area contributed by atoms with Crippen molar-refractivity contribution in [1.29, 1.82) is 0 Å². The number of carbonyl (C=O) groups is 13. The van der Waals surface area contributed by atoms with Gasteiger partial charge in [0.1, 0.15) is 66.8 Å². The molecule has 5 heterocycles. The van der Waals surface area contributed by atoms with Gasteiger partial charge < -0.3 is 115 Å². The predicted octanol–water partition coefficient (Wildman–Crippen LogP) is 0.897. The number of methoxy groups -OCH3 is 2. The molecular formula is C88H133N15O28S2. The number of aromatic nitrogens is 1. The maximum atomic E-state index is 15.3. The highest BCUT2D eigenvalue weighted by Crippen LogP contribution is 2.44. The van der Waals surface area contributed by atoms with E-state index in [4.69, 9.17) is 48.4 Å². The summed E-state index contributed by atoms with van der Waals surface area (Å²) < 4.78 is 79.2. The first-order valence-electron chi connectivity index (χ1n) is 44.9. The van der Waals surface area contributed by atoms with Crippen LogP contribution in [-0.2, 0) is 120 Å². The number of nitrogens with zero attached hydrogens (tertiary/aromatic N) is 6. The lowest BCUT2D eigenvalue weighted by Crippen LogP contribution is -2.60. The van der Waals surface area contributed by atoms with E-state index in [0.717, 1.165) is 27.6 Å². The van der Waals surface area contributed by atoms with Crippen LogP contribution in [0.2, 0.25) is 0 Å². The number of thiazole rings is 1. The van der Waals surface area contributed by atoms with Crippen molar-refractivity contribution < 1.29 is 134 Å². The summed E-state index contributed by atoms with van der Waals surface area (Å²) in [6.07, 6.45) is -3.94. The van der Waals surface area contributed by atoms with E-state index in [0.29, 0.717) is 62.6 Å². The summed E-state index contributed by atoms with van der Waals surface area (Å²) in [5, 5.41) is 59.0. The number of amides is 14. The van der Waals surface area contributed by atoms with Crippen LogP contribution in [0.4, 0.5) is 20.1 Å². The summed E-state index contributed by atoms with van der Waals surface area (Å²) in [6.45, 7) is 9.59. The standard InChI is InChI=1S/C88H133N15O28S2/c1-12-53(6)73(64(123-10)47-70(109)101-33-17-21-63(101)78(124-11)54(7)79(113)95-62(83-90-32-43-132-83)44-55-18-14-13-15-19-55)100(9)84(117)72(52(4)5)97-82(116)74-56-23-25-60(46-56)103(74)88(120)130-50-57-22-24-59(93-80(114)61(20-16-30-91-86(89)118)94-81(115)71(51(2)3)96-66(105)28-35-125-38-34-102-68(107)26-27-69(102)108)45-58(57)48-99(8)67(106)29-36-126-40-42-129-87(119)98-133(121,122)92-31-37-127-39-41-128-85-77(112)76(111)75(110)65(49-104)131-85/h13-15,18-19,22,24,26-27,32,43,45,51-54,56,60-65,71-78,85,92,104,110-112H,12,16-17,20-21,23,25,28-31,33-42,44,46-50H2,1-11H3,(H,93,114)(H,94,115)(H,95,113)(H,96,105)(H,97,116)(H,98,119)(H3,89,91,118)/t53-,54+,56-,60+,61-,62-,63-,64+,65+,71-,72-,73-,74-,75+,76-,77+,78+,85+/m0/s1. The molecule has 2 aromatic carbocycles. The van der Waals surface area contributed by atoms with E-state index in [1.54, 1.807) is 62.4 Å². The SMILES string of the molecule is CC[C@H](C)[C@@H]([C@@H](CC(=O)N1CCC[C@H]1[C@H](OC)[C@@H](C)C(=O)N[C@@H](Cc1ccccc1)c1nccs1)OC)N(C)C(=O)[C@@H](NC(=O)[C@@H]1[C@H]2CC[C@H](C2)N1C(=O)OCc1ccc(NC(=O)[C@H](CCCNC(N)=O)NC(=O)[C@@H](NC(=O)CCOCCN2C(=O)C=CC2=O)C(C)C)cc1CN(C)C(=O)CCOCCOC(=O)NS(=O)(=O)NCCOCCO[C@@H]1O[C@H](CO)[C@@H](O)[C@H](O)[C@H]1O)C(C)C. The molecule has 0 unspecified atom stereocenters. The maximum absolute atomic E-state index is 15.3. The largest absolute Gasteiger partial charge is 0.446 e. The first kappa shape index (κ1) is 108. The van der Waals surface area contributed by atoms with Gasteiger partial charge in [-0.15, -0.1) is 11.3 Å². The first-order chi connectivity index (χ1) is 63.4. The number of carbonyl (C=O) groups excluding carboxylic acids is 13. The molecule has 0 spiro atoms. The van der Waals surface area contributed by atoms with E-state index >= 15 is 9.59 Å². The summed E-state index contributed by atoms with van der Waals surface area (Å²) in [6, 6.07) is 6.75. The summed E-state index contributed by atoms with van der Waals surface area (Å²) in [4.78, 5) is 190. The van der Waals surface area contributed by atoms with Gasteiger partial charge in [0, 0.05) is 96.4 Å². The average molecular weight is 1910 g/mol. The van der Waals surface area contributed by atoms with Crippen molar-refractivity contribution in [2.45, 2.75) is 230 Å². The van der Waals surface area contributed by atoms with Crippen molar-refractivity contribution in [3.8, 4) is 0 Å². The Balaban J connectivity index is 0.916. The fourth-order valence-corrected chi connectivity index (χ4v) is 18.3. The lowest BCUT2D eigenvalue weighted by Gasteiger charge is -2.41. The van der Waals surface area contributed by atoms with E-state index in [1.807, 2.05) is 49.6 Å². The minimum atomic E-state index is -4.46. The molecule has 45 heteroatoms. The number of likely N-dealkylation sites (tertiary alicyclic amines) is 2. The van der Waals surface area contributed by atoms with Crippen molar-refractivity contribution in [3.05, 3.63) is 94.0 Å². The lowest BCUT2D eigenvalue weighted by molar-refractivity contribution is -0.302. The van der Waals surface area contributed by atoms with Gasteiger partial charge in [0.25, 0.3) is 11.8 Å². The summed E-state index contributed by atoms with van der Waals surface area (Å²) in [7, 11) is 1.65. The molecule has 4 fully saturated rings. The number of imide groups is 1. The highest BCUT2D eigenvalue weighted by atomic mass is 32.2. The number of ether oxygens (including phenoxy) is 9. The molecule has 2 bridgehead atoms. The van der Waals surface area contributed by atoms with Crippen LogP contribution < -0.4 is 47.1 Å². The van der Waals surface area contributed by atoms with Crippen LogP contribution in [0, 0.1) is 29.6 Å². The highest BCUT2D eigenvalue weighted by Gasteiger charge is 2.54. The number of fused-ring (bicyclic) bond motifs is 2. The second-order valence-electron chi connectivity index (χ2n) is 34.3. The number of anilines is 1. The third-order valence-corrected chi connectivity index (χ3v) is 26.2. The number of hydrogen-bond donors (Lipinski definition) is 13. The van der Waals surface area contributed by atoms with Crippen molar-refractivity contribution in [2.24, 2.45) is 35.3 Å². The number of aliphatic hydroxyl groups is 4. The minimum Gasteiger partial charge on any atom is -0.446 e. The molecule has 740 valence electrons. The van der Waals surface area contributed by atoms with Gasteiger partial charge in [0.05, 0.1) is 108 Å². The first-order valence-corrected chi connectivity index (χ1v) is 47.3. The topological polar surface area (TPSA) is 571 Å². The van der Waals surface area contributed by atoms with Crippen LogP contribution in [0.1, 0.15) is 147 Å². The van der Waals surface area contributed by atoms with Crippen molar-refractivity contribution in [3.63, 3.8) is 0 Å². The number of urea groups is 1. The number of hydrogen-bond acceptors (Lipinski definition) is 30. The third-order valence-electron chi connectivity index (χ3n) is 24.3. The van der Waals surface area contributed by atoms with Crippen LogP contribution >= 0.6 is 11.3 Å². The van der Waals surface area contributed by atoms with E-state index in [2.05, 4.69) is 41.6 Å². The Kier molecular flexibility index (Phi) is 43.4. The number of nitrogens with two attached hydrogens (primary N) is 1. The van der Waals surface area contributed by atoms with E-state index < -0.39 is 205 Å². The molecule has 1 aromatic heterocycles. The predicted molar refractivity (Wildman–Crippen MR) is 479 cm³/mol. The normalized spacial score (nSPS) is 21.4. The Morgan fingerprint density at radius 2 is 1.44 bits per heavy atom. The smallest absolute Gasteiger partial charge is 0.421 e. The zero-order valence-electron chi connectivity index (χ0n) is 77.2. The third kappa shape index (κ3) is 31.8. The van der Waals surface area contributed by atoms with E-state index in [-0.39, 0.29) is 134 Å².